The van der Waals surface area contributed by atoms with Gasteiger partial charge < -0.3 is 19.5 Å². The third-order valence-electron chi connectivity index (χ3n) is 2.71. The predicted octanol–water partition coefficient (Wildman–Crippen LogP) is 2.60. The zero-order valence-corrected chi connectivity index (χ0v) is 13.3. The van der Waals surface area contributed by atoms with E-state index in [1.54, 1.807) is 14.2 Å². The van der Waals surface area contributed by atoms with E-state index in [1.807, 2.05) is 19.1 Å². The first kappa shape index (κ1) is 16.4. The molecular weight excluding hydrogens is 310 g/mol. The van der Waals surface area contributed by atoms with E-state index in [0.29, 0.717) is 13.2 Å². The molecule has 4 nitrogen and oxygen atoms in total. The van der Waals surface area contributed by atoms with Crippen LogP contribution >= 0.6 is 15.9 Å². The number of benzene rings is 1. The van der Waals surface area contributed by atoms with Gasteiger partial charge in [0.25, 0.3) is 0 Å². The first-order valence-electron chi connectivity index (χ1n) is 6.31. The van der Waals surface area contributed by atoms with Gasteiger partial charge in [0.15, 0.2) is 0 Å². The van der Waals surface area contributed by atoms with E-state index in [2.05, 4.69) is 27.3 Å². The van der Waals surface area contributed by atoms with Crippen LogP contribution in [0.25, 0.3) is 0 Å². The molecule has 1 aromatic rings. The van der Waals surface area contributed by atoms with E-state index in [4.69, 9.17) is 14.2 Å². The number of ether oxygens (including phenoxy) is 3. The number of halogens is 1. The topological polar surface area (TPSA) is 39.7 Å². The molecule has 0 spiro atoms. The molecule has 0 aliphatic heterocycles. The summed E-state index contributed by atoms with van der Waals surface area (Å²) in [6.07, 6.45) is 0.0707. The minimum atomic E-state index is 0.0707. The van der Waals surface area contributed by atoms with Crippen molar-refractivity contribution in [3.05, 3.63) is 28.2 Å². The molecule has 0 saturated carbocycles. The van der Waals surface area contributed by atoms with Gasteiger partial charge in [0, 0.05) is 32.9 Å². The molecule has 0 amide bonds. The lowest BCUT2D eigenvalue weighted by molar-refractivity contribution is 0.0710. The van der Waals surface area contributed by atoms with Gasteiger partial charge in [0.1, 0.15) is 12.4 Å². The summed E-state index contributed by atoms with van der Waals surface area (Å²) in [6, 6.07) is 6.03. The summed E-state index contributed by atoms with van der Waals surface area (Å²) in [5.74, 6) is 0.872. The summed E-state index contributed by atoms with van der Waals surface area (Å²) in [5, 5.41) is 3.31. The van der Waals surface area contributed by atoms with Gasteiger partial charge in [-0.3, -0.25) is 0 Å². The molecule has 0 aliphatic rings. The molecule has 1 aromatic carbocycles. The van der Waals surface area contributed by atoms with Gasteiger partial charge in [-0.15, -0.1) is 0 Å². The van der Waals surface area contributed by atoms with Crippen molar-refractivity contribution in [2.75, 3.05) is 34.0 Å². The van der Waals surface area contributed by atoms with Crippen LogP contribution in [-0.2, 0) is 16.0 Å². The summed E-state index contributed by atoms with van der Waals surface area (Å²) in [6.45, 7) is 4.78. The molecule has 1 unspecified atom stereocenters. The van der Waals surface area contributed by atoms with Crippen LogP contribution in [0.15, 0.2) is 22.7 Å². The van der Waals surface area contributed by atoms with Crippen LogP contribution in [0.1, 0.15) is 12.5 Å². The molecule has 1 atom stereocenters. The fourth-order valence-electron chi connectivity index (χ4n) is 1.52. The Labute approximate surface area is 123 Å². The van der Waals surface area contributed by atoms with E-state index in [1.165, 1.54) is 0 Å². The van der Waals surface area contributed by atoms with Crippen molar-refractivity contribution in [1.82, 2.24) is 5.32 Å². The Bertz CT molecular complexity index is 374. The molecule has 0 aliphatic carbocycles. The molecule has 0 radical (unpaired) electrons. The van der Waals surface area contributed by atoms with Crippen LogP contribution in [0, 0.1) is 0 Å². The van der Waals surface area contributed by atoms with Crippen molar-refractivity contribution < 1.29 is 14.2 Å². The maximum atomic E-state index is 5.83. The van der Waals surface area contributed by atoms with Gasteiger partial charge in [0.2, 0.25) is 0 Å². The molecule has 1 rings (SSSR count). The van der Waals surface area contributed by atoms with Crippen LogP contribution in [-0.4, -0.2) is 40.1 Å². The standard InChI is InChI=1S/C14H22BrNO3/c1-11(18-3)10-19-14-12(5-4-6-13(14)15)9-16-7-8-17-2/h4-6,11,16H,7-10H2,1-3H3. The maximum absolute atomic E-state index is 5.83. The molecule has 5 heteroatoms. The Balaban J connectivity index is 2.61. The summed E-state index contributed by atoms with van der Waals surface area (Å²) < 4.78 is 17.0. The zero-order valence-electron chi connectivity index (χ0n) is 11.7. The molecular formula is C14H22BrNO3. The van der Waals surface area contributed by atoms with Crippen LogP contribution in [0.5, 0.6) is 5.75 Å². The van der Waals surface area contributed by atoms with E-state index in [-0.39, 0.29) is 6.10 Å². The molecule has 1 N–H and O–H groups in total. The monoisotopic (exact) mass is 331 g/mol. The minimum absolute atomic E-state index is 0.0707. The van der Waals surface area contributed by atoms with E-state index < -0.39 is 0 Å². The van der Waals surface area contributed by atoms with E-state index in [0.717, 1.165) is 28.9 Å². The number of para-hydroxylation sites is 1. The van der Waals surface area contributed by atoms with Crippen molar-refractivity contribution in [3.8, 4) is 5.75 Å². The lowest BCUT2D eigenvalue weighted by atomic mass is 10.2. The smallest absolute Gasteiger partial charge is 0.138 e. The second-order valence-electron chi connectivity index (χ2n) is 4.25. The summed E-state index contributed by atoms with van der Waals surface area (Å²) in [4.78, 5) is 0. The van der Waals surface area contributed by atoms with E-state index >= 15 is 0 Å². The first-order chi connectivity index (χ1) is 9.19. The van der Waals surface area contributed by atoms with Gasteiger partial charge in [-0.2, -0.15) is 0 Å². The van der Waals surface area contributed by atoms with Gasteiger partial charge >= 0.3 is 0 Å². The lowest BCUT2D eigenvalue weighted by Gasteiger charge is -2.16. The molecule has 0 saturated heterocycles. The third kappa shape index (κ3) is 5.91. The Morgan fingerprint density at radius 3 is 2.79 bits per heavy atom. The molecule has 0 heterocycles. The number of nitrogens with one attached hydrogen (secondary N) is 1. The van der Waals surface area contributed by atoms with E-state index in [9.17, 15) is 0 Å². The van der Waals surface area contributed by atoms with Gasteiger partial charge in [-0.05, 0) is 28.9 Å². The fraction of sp³-hybridized carbons (Fsp3) is 0.571. The zero-order chi connectivity index (χ0) is 14.1. The average Bonchev–Trinajstić information content (AvgIpc) is 2.42. The minimum Gasteiger partial charge on any atom is -0.489 e. The van der Waals surface area contributed by atoms with Gasteiger partial charge in [-0.25, -0.2) is 0 Å². The summed E-state index contributed by atoms with van der Waals surface area (Å²) in [5.41, 5.74) is 1.12. The van der Waals surface area contributed by atoms with Crippen molar-refractivity contribution >= 4 is 15.9 Å². The third-order valence-corrected chi connectivity index (χ3v) is 3.34. The molecule has 108 valence electrons. The van der Waals surface area contributed by atoms with Crippen LogP contribution < -0.4 is 10.1 Å². The van der Waals surface area contributed by atoms with Gasteiger partial charge in [0.05, 0.1) is 17.2 Å². The molecule has 0 aromatic heterocycles. The van der Waals surface area contributed by atoms with Crippen LogP contribution in [0.4, 0.5) is 0 Å². The first-order valence-corrected chi connectivity index (χ1v) is 7.11. The predicted molar refractivity (Wildman–Crippen MR) is 79.7 cm³/mol. The number of hydrogen-bond donors (Lipinski definition) is 1. The maximum Gasteiger partial charge on any atom is 0.138 e. The Morgan fingerprint density at radius 1 is 1.32 bits per heavy atom. The highest BCUT2D eigenvalue weighted by molar-refractivity contribution is 9.10. The quantitative estimate of drug-likeness (QED) is 0.706. The summed E-state index contributed by atoms with van der Waals surface area (Å²) >= 11 is 3.52. The Hall–Kier alpha value is -0.620. The average molecular weight is 332 g/mol. The largest absolute Gasteiger partial charge is 0.489 e. The highest BCUT2D eigenvalue weighted by Gasteiger charge is 2.09. The van der Waals surface area contributed by atoms with Crippen molar-refractivity contribution in [2.45, 2.75) is 19.6 Å². The van der Waals surface area contributed by atoms with Crippen LogP contribution in [0.3, 0.4) is 0 Å². The summed E-state index contributed by atoms with van der Waals surface area (Å²) in [7, 11) is 3.38. The Morgan fingerprint density at radius 2 is 2.11 bits per heavy atom. The number of methoxy groups -OCH3 is 2. The molecule has 0 bridgehead atoms. The van der Waals surface area contributed by atoms with Gasteiger partial charge in [-0.1, -0.05) is 12.1 Å². The van der Waals surface area contributed by atoms with Crippen molar-refractivity contribution in [2.24, 2.45) is 0 Å². The Kier molecular flexibility index (Phi) is 8.05. The number of hydrogen-bond acceptors (Lipinski definition) is 4. The van der Waals surface area contributed by atoms with Crippen LogP contribution in [0.2, 0.25) is 0 Å². The normalized spacial score (nSPS) is 12.4. The highest BCUT2D eigenvalue weighted by atomic mass is 79.9. The second kappa shape index (κ2) is 9.31. The number of rotatable bonds is 9. The lowest BCUT2D eigenvalue weighted by Crippen LogP contribution is -2.20. The molecule has 19 heavy (non-hydrogen) atoms. The fourth-order valence-corrected chi connectivity index (χ4v) is 2.04. The second-order valence-corrected chi connectivity index (χ2v) is 5.11. The van der Waals surface area contributed by atoms with Crippen molar-refractivity contribution in [3.63, 3.8) is 0 Å². The molecule has 0 fully saturated rings. The van der Waals surface area contributed by atoms with Crippen molar-refractivity contribution in [1.29, 1.82) is 0 Å². The highest BCUT2D eigenvalue weighted by Crippen LogP contribution is 2.29. The SMILES string of the molecule is COCCNCc1cccc(Br)c1OCC(C)OC.